The third-order valence-electron chi connectivity index (χ3n) is 5.78. The van der Waals surface area contributed by atoms with Gasteiger partial charge in [0.25, 0.3) is 0 Å². The number of likely N-dealkylation sites (tertiary alicyclic amines) is 1. The number of carbonyl (C=O) groups excluding carboxylic acids is 2. The molecule has 0 spiro atoms. The standard InChI is InChI=1S/C18H31N3O2/c1-13(19-17(22)11-14-5-3-2-4-6-14)18(23)21-10-9-15-7-8-16(12-21)20-15/h13-16,20H,2-12H2,1H3,(H,19,22). The van der Waals surface area contributed by atoms with Crippen LogP contribution < -0.4 is 10.6 Å². The number of hydrogen-bond acceptors (Lipinski definition) is 3. The Morgan fingerprint density at radius 1 is 1.09 bits per heavy atom. The summed E-state index contributed by atoms with van der Waals surface area (Å²) in [5.41, 5.74) is 0. The highest BCUT2D eigenvalue weighted by Gasteiger charge is 2.33. The van der Waals surface area contributed by atoms with Gasteiger partial charge in [0.2, 0.25) is 11.8 Å². The number of hydrogen-bond donors (Lipinski definition) is 2. The normalized spacial score (nSPS) is 29.9. The second-order valence-corrected chi connectivity index (χ2v) is 7.71. The van der Waals surface area contributed by atoms with Crippen molar-refractivity contribution in [2.45, 2.75) is 82.8 Å². The van der Waals surface area contributed by atoms with E-state index in [1.54, 1.807) is 0 Å². The molecule has 3 atom stereocenters. The van der Waals surface area contributed by atoms with Crippen LogP contribution in [0.1, 0.15) is 64.7 Å². The van der Waals surface area contributed by atoms with Gasteiger partial charge in [-0.05, 0) is 44.9 Å². The van der Waals surface area contributed by atoms with Crippen LogP contribution in [0.5, 0.6) is 0 Å². The average molecular weight is 321 g/mol. The van der Waals surface area contributed by atoms with E-state index >= 15 is 0 Å². The van der Waals surface area contributed by atoms with E-state index < -0.39 is 6.04 Å². The van der Waals surface area contributed by atoms with Crippen LogP contribution in [0.3, 0.4) is 0 Å². The van der Waals surface area contributed by atoms with Gasteiger partial charge in [-0.15, -0.1) is 0 Å². The predicted octanol–water partition coefficient (Wildman–Crippen LogP) is 1.81. The van der Waals surface area contributed by atoms with Crippen LogP contribution in [-0.2, 0) is 9.59 Å². The molecule has 130 valence electrons. The molecule has 2 N–H and O–H groups in total. The van der Waals surface area contributed by atoms with E-state index in [9.17, 15) is 9.59 Å². The number of amides is 2. The topological polar surface area (TPSA) is 61.4 Å². The Hall–Kier alpha value is -1.10. The van der Waals surface area contributed by atoms with Crippen molar-refractivity contribution in [3.05, 3.63) is 0 Å². The van der Waals surface area contributed by atoms with Crippen molar-refractivity contribution >= 4 is 11.8 Å². The molecule has 0 aromatic carbocycles. The van der Waals surface area contributed by atoms with E-state index in [4.69, 9.17) is 0 Å². The molecule has 0 radical (unpaired) electrons. The lowest BCUT2D eigenvalue weighted by Gasteiger charge is -2.28. The zero-order valence-electron chi connectivity index (χ0n) is 14.4. The predicted molar refractivity (Wildman–Crippen MR) is 89.9 cm³/mol. The van der Waals surface area contributed by atoms with E-state index in [1.165, 1.54) is 25.7 Å². The summed E-state index contributed by atoms with van der Waals surface area (Å²) in [6, 6.07) is 0.619. The minimum Gasteiger partial charge on any atom is -0.345 e. The Morgan fingerprint density at radius 3 is 2.61 bits per heavy atom. The van der Waals surface area contributed by atoms with Crippen molar-refractivity contribution in [2.24, 2.45) is 5.92 Å². The van der Waals surface area contributed by atoms with Crippen molar-refractivity contribution < 1.29 is 9.59 Å². The van der Waals surface area contributed by atoms with Gasteiger partial charge in [-0.1, -0.05) is 19.3 Å². The summed E-state index contributed by atoms with van der Waals surface area (Å²) < 4.78 is 0. The molecule has 5 nitrogen and oxygen atoms in total. The molecule has 0 aromatic heterocycles. The molecule has 23 heavy (non-hydrogen) atoms. The first kappa shape index (κ1) is 16.7. The third kappa shape index (κ3) is 4.46. The molecule has 2 aliphatic heterocycles. The first-order valence-corrected chi connectivity index (χ1v) is 9.46. The van der Waals surface area contributed by atoms with Crippen molar-refractivity contribution in [1.29, 1.82) is 0 Å². The number of nitrogens with one attached hydrogen (secondary N) is 2. The largest absolute Gasteiger partial charge is 0.345 e. The van der Waals surface area contributed by atoms with Crippen LogP contribution in [0, 0.1) is 5.92 Å². The molecule has 2 bridgehead atoms. The Bertz CT molecular complexity index is 434. The summed E-state index contributed by atoms with van der Waals surface area (Å²) in [4.78, 5) is 26.8. The van der Waals surface area contributed by atoms with Gasteiger partial charge < -0.3 is 15.5 Å². The van der Waals surface area contributed by atoms with Gasteiger partial charge in [0.1, 0.15) is 6.04 Å². The highest BCUT2D eigenvalue weighted by atomic mass is 16.2. The minimum atomic E-state index is -0.400. The van der Waals surface area contributed by atoms with E-state index in [-0.39, 0.29) is 11.8 Å². The summed E-state index contributed by atoms with van der Waals surface area (Å²) in [5, 5.41) is 6.53. The minimum absolute atomic E-state index is 0.0483. The first-order chi connectivity index (χ1) is 11.1. The summed E-state index contributed by atoms with van der Waals surface area (Å²) in [5.74, 6) is 0.646. The third-order valence-corrected chi connectivity index (χ3v) is 5.78. The van der Waals surface area contributed by atoms with Gasteiger partial charge >= 0.3 is 0 Å². The second kappa shape index (κ2) is 7.65. The maximum absolute atomic E-state index is 12.6. The summed E-state index contributed by atoms with van der Waals surface area (Å²) in [6.07, 6.45) is 10.1. The fraction of sp³-hybridized carbons (Fsp3) is 0.889. The molecule has 3 aliphatic rings. The molecular weight excluding hydrogens is 290 g/mol. The van der Waals surface area contributed by atoms with Gasteiger partial charge in [0.05, 0.1) is 0 Å². The lowest BCUT2D eigenvalue weighted by atomic mass is 9.87. The molecular formula is C18H31N3O2. The van der Waals surface area contributed by atoms with Crippen molar-refractivity contribution in [3.63, 3.8) is 0 Å². The molecule has 5 heteroatoms. The van der Waals surface area contributed by atoms with E-state index in [2.05, 4.69) is 10.6 Å². The number of rotatable bonds is 4. The van der Waals surface area contributed by atoms with Crippen molar-refractivity contribution in [2.75, 3.05) is 13.1 Å². The fourth-order valence-corrected chi connectivity index (χ4v) is 4.43. The Balaban J connectivity index is 1.45. The van der Waals surface area contributed by atoms with Gasteiger partial charge in [0, 0.05) is 31.6 Å². The molecule has 2 heterocycles. The zero-order chi connectivity index (χ0) is 16.2. The van der Waals surface area contributed by atoms with Crippen molar-refractivity contribution in [3.8, 4) is 0 Å². The number of carbonyl (C=O) groups is 2. The summed E-state index contributed by atoms with van der Waals surface area (Å²) >= 11 is 0. The number of fused-ring (bicyclic) bond motifs is 2. The van der Waals surface area contributed by atoms with Crippen LogP contribution in [0.4, 0.5) is 0 Å². The molecule has 3 rings (SSSR count). The first-order valence-electron chi connectivity index (χ1n) is 9.46. The maximum atomic E-state index is 12.6. The fourth-order valence-electron chi connectivity index (χ4n) is 4.43. The lowest BCUT2D eigenvalue weighted by molar-refractivity contribution is -0.136. The maximum Gasteiger partial charge on any atom is 0.244 e. The molecule has 2 saturated heterocycles. The van der Waals surface area contributed by atoms with E-state index in [0.29, 0.717) is 24.4 Å². The van der Waals surface area contributed by atoms with E-state index in [0.717, 1.165) is 38.8 Å². The average Bonchev–Trinajstić information content (AvgIpc) is 2.86. The highest BCUT2D eigenvalue weighted by molar-refractivity contribution is 5.87. The lowest BCUT2D eigenvalue weighted by Crippen LogP contribution is -2.49. The molecule has 3 unspecified atom stereocenters. The summed E-state index contributed by atoms with van der Waals surface area (Å²) in [6.45, 7) is 3.44. The van der Waals surface area contributed by atoms with Crippen LogP contribution in [0.15, 0.2) is 0 Å². The van der Waals surface area contributed by atoms with Crippen LogP contribution >= 0.6 is 0 Å². The monoisotopic (exact) mass is 321 g/mol. The smallest absolute Gasteiger partial charge is 0.244 e. The zero-order valence-corrected chi connectivity index (χ0v) is 14.4. The SMILES string of the molecule is CC(NC(=O)CC1CCCCC1)C(=O)N1CCC2CCC(C1)N2. The van der Waals surface area contributed by atoms with E-state index in [1.807, 2.05) is 11.8 Å². The van der Waals surface area contributed by atoms with Crippen LogP contribution in [0.25, 0.3) is 0 Å². The molecule has 3 fully saturated rings. The second-order valence-electron chi connectivity index (χ2n) is 7.71. The van der Waals surface area contributed by atoms with Crippen LogP contribution in [0.2, 0.25) is 0 Å². The van der Waals surface area contributed by atoms with Gasteiger partial charge in [0.15, 0.2) is 0 Å². The molecule has 1 aliphatic carbocycles. The van der Waals surface area contributed by atoms with Gasteiger partial charge in [-0.3, -0.25) is 9.59 Å². The van der Waals surface area contributed by atoms with Crippen LogP contribution in [-0.4, -0.2) is 47.9 Å². The number of nitrogens with zero attached hydrogens (tertiary/aromatic N) is 1. The highest BCUT2D eigenvalue weighted by Crippen LogP contribution is 2.26. The quantitative estimate of drug-likeness (QED) is 0.830. The van der Waals surface area contributed by atoms with Gasteiger partial charge in [-0.2, -0.15) is 0 Å². The van der Waals surface area contributed by atoms with Gasteiger partial charge in [-0.25, -0.2) is 0 Å². The Kier molecular flexibility index (Phi) is 5.57. The van der Waals surface area contributed by atoms with Crippen molar-refractivity contribution in [1.82, 2.24) is 15.5 Å². The molecule has 0 aromatic rings. The molecule has 1 saturated carbocycles. The Morgan fingerprint density at radius 2 is 1.83 bits per heavy atom. The Labute approximate surface area is 139 Å². The molecule has 2 amide bonds. The summed E-state index contributed by atoms with van der Waals surface area (Å²) in [7, 11) is 0.